The van der Waals surface area contributed by atoms with Crippen LogP contribution in [0.15, 0.2) is 77.0 Å². The Kier molecular flexibility index (Phi) is 5.64. The van der Waals surface area contributed by atoms with E-state index in [0.29, 0.717) is 17.2 Å². The van der Waals surface area contributed by atoms with E-state index in [9.17, 15) is 13.6 Å². The molecule has 4 rings (SSSR count). The number of nitrogens with zero attached hydrogens (tertiary/aromatic N) is 2. The van der Waals surface area contributed by atoms with Crippen LogP contribution in [-0.4, -0.2) is 16.0 Å². The molecule has 0 aliphatic carbocycles. The van der Waals surface area contributed by atoms with Crippen LogP contribution < -0.4 is 15.6 Å². The minimum absolute atomic E-state index is 0.0830. The lowest BCUT2D eigenvalue weighted by Gasteiger charge is -2.17. The number of halogens is 2. The first-order valence-corrected chi connectivity index (χ1v) is 9.87. The van der Waals surface area contributed by atoms with E-state index in [-0.39, 0.29) is 17.4 Å². The van der Waals surface area contributed by atoms with Gasteiger partial charge in [-0.2, -0.15) is 8.78 Å². The Morgan fingerprint density at radius 1 is 1.07 bits per heavy atom. The molecule has 0 bridgehead atoms. The van der Waals surface area contributed by atoms with Crippen molar-refractivity contribution in [3.05, 3.63) is 99.4 Å². The summed E-state index contributed by atoms with van der Waals surface area (Å²) in [6.07, 6.45) is 1.71. The topological polar surface area (TPSA) is 60.2 Å². The van der Waals surface area contributed by atoms with E-state index in [1.807, 2.05) is 35.7 Å². The minimum atomic E-state index is -2.85. The molecule has 0 aliphatic rings. The summed E-state index contributed by atoms with van der Waals surface area (Å²) in [5.41, 5.74) is 2.58. The van der Waals surface area contributed by atoms with Crippen LogP contribution >= 0.6 is 11.3 Å². The van der Waals surface area contributed by atoms with Crippen molar-refractivity contribution in [1.82, 2.24) is 9.38 Å². The minimum Gasteiger partial charge on any atom is -0.435 e. The number of aromatic nitrogens is 2. The zero-order valence-corrected chi connectivity index (χ0v) is 16.1. The fraction of sp³-hybridized carbons (Fsp3) is 0.143. The van der Waals surface area contributed by atoms with Gasteiger partial charge < -0.3 is 10.1 Å². The first-order chi connectivity index (χ1) is 14.1. The van der Waals surface area contributed by atoms with Gasteiger partial charge in [-0.1, -0.05) is 30.3 Å². The smallest absolute Gasteiger partial charge is 0.387 e. The van der Waals surface area contributed by atoms with Gasteiger partial charge in [0.2, 0.25) is 0 Å². The summed E-state index contributed by atoms with van der Waals surface area (Å²) in [4.78, 5) is 17.4. The van der Waals surface area contributed by atoms with Crippen LogP contribution in [0.4, 0.5) is 8.78 Å². The van der Waals surface area contributed by atoms with Crippen molar-refractivity contribution in [2.75, 3.05) is 0 Å². The summed E-state index contributed by atoms with van der Waals surface area (Å²) < 4.78 is 30.8. The molecule has 5 nitrogen and oxygen atoms in total. The number of rotatable bonds is 7. The van der Waals surface area contributed by atoms with Crippen LogP contribution in [0.1, 0.15) is 22.9 Å². The van der Waals surface area contributed by atoms with E-state index in [1.54, 1.807) is 18.3 Å². The molecule has 0 fully saturated rings. The first-order valence-electron chi connectivity index (χ1n) is 8.99. The number of ether oxygens (including phenoxy) is 1. The van der Waals surface area contributed by atoms with Gasteiger partial charge in [-0.3, -0.25) is 9.20 Å². The highest BCUT2D eigenvalue weighted by Gasteiger charge is 2.18. The summed E-state index contributed by atoms with van der Waals surface area (Å²) in [6.45, 7) is -2.35. The molecule has 1 atom stereocenters. The van der Waals surface area contributed by atoms with Gasteiger partial charge in [0.25, 0.3) is 5.56 Å². The number of thiazole rings is 1. The van der Waals surface area contributed by atoms with E-state index in [1.165, 1.54) is 33.9 Å². The number of nitrogens with two attached hydrogens (primary N) is 1. The summed E-state index contributed by atoms with van der Waals surface area (Å²) >= 11 is 1.41. The van der Waals surface area contributed by atoms with Gasteiger partial charge in [0.1, 0.15) is 24.0 Å². The fourth-order valence-corrected chi connectivity index (χ4v) is 3.95. The maximum Gasteiger partial charge on any atom is 0.387 e. The Morgan fingerprint density at radius 3 is 2.52 bits per heavy atom. The monoisotopic (exact) mass is 414 g/mol. The molecule has 0 saturated heterocycles. The van der Waals surface area contributed by atoms with E-state index in [2.05, 4.69) is 15.0 Å². The van der Waals surface area contributed by atoms with Crippen molar-refractivity contribution < 1.29 is 18.8 Å². The highest BCUT2D eigenvalue weighted by atomic mass is 32.1. The predicted molar refractivity (Wildman–Crippen MR) is 106 cm³/mol. The third kappa shape index (κ3) is 4.49. The Hall–Kier alpha value is -3.10. The second kappa shape index (κ2) is 8.50. The normalized spacial score (nSPS) is 12.4. The maximum atomic E-state index is 12.4. The molecule has 0 spiro atoms. The molecular formula is C21H18F2N3O2S+. The first kappa shape index (κ1) is 19.2. The van der Waals surface area contributed by atoms with Gasteiger partial charge in [0, 0.05) is 28.8 Å². The van der Waals surface area contributed by atoms with Crippen LogP contribution in [0.3, 0.4) is 0 Å². The maximum absolute atomic E-state index is 12.4. The fourth-order valence-electron chi connectivity index (χ4n) is 3.21. The molecule has 0 amide bonds. The van der Waals surface area contributed by atoms with Crippen molar-refractivity contribution in [3.8, 4) is 5.75 Å². The van der Waals surface area contributed by atoms with Crippen LogP contribution in [-0.2, 0) is 6.54 Å². The Labute approximate surface area is 169 Å². The molecule has 2 heterocycles. The average molecular weight is 414 g/mol. The lowest BCUT2D eigenvalue weighted by Crippen LogP contribution is -2.84. The summed E-state index contributed by atoms with van der Waals surface area (Å²) in [5, 5.41) is 3.90. The number of quaternary nitrogens is 1. The molecule has 2 aromatic heterocycles. The van der Waals surface area contributed by atoms with Gasteiger partial charge in [-0.25, -0.2) is 4.98 Å². The predicted octanol–water partition coefficient (Wildman–Crippen LogP) is 3.21. The molecule has 29 heavy (non-hydrogen) atoms. The standard InChI is InChI=1S/C21H17F2N3O2S/c22-20(23)28-17-8-6-15(7-9-17)19(14-4-2-1-3-5-14)24-13-16-12-18(27)26-10-11-29-21(26)25-16/h1-12,19-20,24H,13H2/p+1/t19-/m0/s1. The molecule has 0 aliphatic heterocycles. The second-order valence-electron chi connectivity index (χ2n) is 6.42. The van der Waals surface area contributed by atoms with Gasteiger partial charge in [0.05, 0.1) is 0 Å². The number of hydrogen-bond donors (Lipinski definition) is 1. The zero-order chi connectivity index (χ0) is 20.2. The summed E-state index contributed by atoms with van der Waals surface area (Å²) in [7, 11) is 0. The van der Waals surface area contributed by atoms with Gasteiger partial charge >= 0.3 is 6.61 Å². The Morgan fingerprint density at radius 2 is 1.79 bits per heavy atom. The van der Waals surface area contributed by atoms with Crippen LogP contribution in [0.2, 0.25) is 0 Å². The highest BCUT2D eigenvalue weighted by molar-refractivity contribution is 7.15. The van der Waals surface area contributed by atoms with Gasteiger partial charge in [0.15, 0.2) is 4.96 Å². The van der Waals surface area contributed by atoms with Gasteiger partial charge in [-0.05, 0) is 24.3 Å². The van der Waals surface area contributed by atoms with Crippen LogP contribution in [0.5, 0.6) is 5.75 Å². The lowest BCUT2D eigenvalue weighted by atomic mass is 9.98. The summed E-state index contributed by atoms with van der Waals surface area (Å²) in [5.74, 6) is 0.119. The molecule has 148 valence electrons. The molecule has 0 radical (unpaired) electrons. The van der Waals surface area contributed by atoms with Crippen LogP contribution in [0, 0.1) is 0 Å². The van der Waals surface area contributed by atoms with Crippen LogP contribution in [0.25, 0.3) is 4.96 Å². The zero-order valence-electron chi connectivity index (χ0n) is 15.2. The van der Waals surface area contributed by atoms with Crippen molar-refractivity contribution in [3.63, 3.8) is 0 Å². The number of hydrogen-bond acceptors (Lipinski definition) is 4. The molecule has 0 saturated carbocycles. The summed E-state index contributed by atoms with van der Waals surface area (Å²) in [6, 6.07) is 17.9. The quantitative estimate of drug-likeness (QED) is 0.505. The number of fused-ring (bicyclic) bond motifs is 1. The molecule has 2 aromatic carbocycles. The van der Waals surface area contributed by atoms with Crippen molar-refractivity contribution >= 4 is 16.3 Å². The van der Waals surface area contributed by atoms with Crippen molar-refractivity contribution in [2.24, 2.45) is 0 Å². The van der Waals surface area contributed by atoms with E-state index in [0.717, 1.165) is 11.1 Å². The number of benzene rings is 2. The average Bonchev–Trinajstić information content (AvgIpc) is 3.19. The third-order valence-corrected chi connectivity index (χ3v) is 5.30. The largest absolute Gasteiger partial charge is 0.435 e. The molecule has 8 heteroatoms. The molecule has 2 N–H and O–H groups in total. The van der Waals surface area contributed by atoms with Crippen molar-refractivity contribution in [1.29, 1.82) is 0 Å². The number of alkyl halides is 2. The lowest BCUT2D eigenvalue weighted by molar-refractivity contribution is -0.702. The molecule has 0 unspecified atom stereocenters. The van der Waals surface area contributed by atoms with E-state index >= 15 is 0 Å². The van der Waals surface area contributed by atoms with E-state index in [4.69, 9.17) is 0 Å². The molecular weight excluding hydrogens is 396 g/mol. The Bertz CT molecular complexity index is 1140. The molecule has 4 aromatic rings. The van der Waals surface area contributed by atoms with Gasteiger partial charge in [-0.15, -0.1) is 11.3 Å². The highest BCUT2D eigenvalue weighted by Crippen LogP contribution is 2.22. The SMILES string of the molecule is O=c1cc(C[NH2+][C@@H](c2ccccc2)c2ccc(OC(F)F)cc2)nc2sccn12. The van der Waals surface area contributed by atoms with Crippen molar-refractivity contribution in [2.45, 2.75) is 19.2 Å². The second-order valence-corrected chi connectivity index (χ2v) is 7.29. The Balaban J connectivity index is 1.59. The van der Waals surface area contributed by atoms with E-state index < -0.39 is 6.61 Å². The third-order valence-electron chi connectivity index (χ3n) is 4.54.